The van der Waals surface area contributed by atoms with Crippen LogP contribution in [0.3, 0.4) is 0 Å². The van der Waals surface area contributed by atoms with E-state index in [4.69, 9.17) is 11.6 Å². The van der Waals surface area contributed by atoms with Gasteiger partial charge in [-0.15, -0.1) is 0 Å². The summed E-state index contributed by atoms with van der Waals surface area (Å²) in [7, 11) is 0. The molecule has 1 aromatic rings. The largest absolute Gasteiger partial charge is 0.396 e. The summed E-state index contributed by atoms with van der Waals surface area (Å²) in [5.41, 5.74) is 0.939. The predicted octanol–water partition coefficient (Wildman–Crippen LogP) is 2.53. The molecular weight excluding hydrogens is 302 g/mol. The second-order valence-corrected chi connectivity index (χ2v) is 7.28. The number of nitrogens with one attached hydrogen (secondary N) is 1. The Morgan fingerprint density at radius 3 is 2.77 bits per heavy atom. The van der Waals surface area contributed by atoms with Crippen LogP contribution in [0.25, 0.3) is 0 Å². The van der Waals surface area contributed by atoms with E-state index in [1.165, 1.54) is 0 Å². The number of amides is 1. The van der Waals surface area contributed by atoms with Crippen molar-refractivity contribution in [2.24, 2.45) is 11.3 Å². The molecule has 22 heavy (non-hydrogen) atoms. The molecule has 1 atom stereocenters. The summed E-state index contributed by atoms with van der Waals surface area (Å²) in [6.45, 7) is 8.35. The molecule has 0 unspecified atom stereocenters. The van der Waals surface area contributed by atoms with Crippen molar-refractivity contribution in [3.05, 3.63) is 23.0 Å². The van der Waals surface area contributed by atoms with Crippen LogP contribution in [0.4, 0.5) is 5.69 Å². The van der Waals surface area contributed by atoms with Gasteiger partial charge in [-0.05, 0) is 31.0 Å². The SMILES string of the molecule is CC(C)(C)C(=O)Nc1ccc(CN2CC[C@H](CO)C2)nc1Cl. The number of likely N-dealkylation sites (tertiary alicyclic amines) is 1. The maximum Gasteiger partial charge on any atom is 0.229 e. The van der Waals surface area contributed by atoms with Gasteiger partial charge in [0.25, 0.3) is 0 Å². The molecular formula is C16H24ClN3O2. The Morgan fingerprint density at radius 2 is 2.23 bits per heavy atom. The number of anilines is 1. The van der Waals surface area contributed by atoms with Crippen molar-refractivity contribution in [2.45, 2.75) is 33.7 Å². The minimum absolute atomic E-state index is 0.0886. The van der Waals surface area contributed by atoms with E-state index in [9.17, 15) is 9.90 Å². The van der Waals surface area contributed by atoms with Crippen LogP contribution in [-0.4, -0.2) is 40.6 Å². The van der Waals surface area contributed by atoms with E-state index in [-0.39, 0.29) is 12.5 Å². The summed E-state index contributed by atoms with van der Waals surface area (Å²) in [6, 6.07) is 3.68. The maximum absolute atomic E-state index is 12.0. The number of carbonyl (C=O) groups excluding carboxylic acids is 1. The number of halogens is 1. The molecule has 0 spiro atoms. The van der Waals surface area contributed by atoms with Gasteiger partial charge in [-0.2, -0.15) is 0 Å². The molecule has 0 radical (unpaired) electrons. The molecule has 1 saturated heterocycles. The van der Waals surface area contributed by atoms with Gasteiger partial charge in [-0.1, -0.05) is 32.4 Å². The molecule has 2 N–H and O–H groups in total. The standard InChI is InChI=1S/C16H24ClN3O2/c1-16(2,3)15(22)19-13-5-4-12(18-14(13)17)9-20-7-6-11(8-20)10-21/h4-5,11,21H,6-10H2,1-3H3,(H,19,22)/t11-/m0/s1. The number of carbonyl (C=O) groups is 1. The van der Waals surface area contributed by atoms with E-state index in [1.54, 1.807) is 6.07 Å². The van der Waals surface area contributed by atoms with Crippen LogP contribution in [0.1, 0.15) is 32.9 Å². The van der Waals surface area contributed by atoms with Crippen LogP contribution in [0.15, 0.2) is 12.1 Å². The maximum atomic E-state index is 12.0. The van der Waals surface area contributed by atoms with E-state index in [0.29, 0.717) is 23.3 Å². The number of pyridine rings is 1. The molecule has 0 saturated carbocycles. The zero-order valence-corrected chi connectivity index (χ0v) is 14.2. The van der Waals surface area contributed by atoms with Crippen LogP contribution in [0.5, 0.6) is 0 Å². The third kappa shape index (κ3) is 4.41. The third-order valence-electron chi connectivity index (χ3n) is 3.85. The molecule has 0 bridgehead atoms. The quantitative estimate of drug-likeness (QED) is 0.835. The molecule has 5 nitrogen and oxygen atoms in total. The molecule has 122 valence electrons. The van der Waals surface area contributed by atoms with Crippen molar-refractivity contribution in [2.75, 3.05) is 25.0 Å². The van der Waals surface area contributed by atoms with Crippen LogP contribution >= 0.6 is 11.6 Å². The van der Waals surface area contributed by atoms with Crippen molar-refractivity contribution in [3.63, 3.8) is 0 Å². The van der Waals surface area contributed by atoms with Gasteiger partial charge in [0.2, 0.25) is 5.91 Å². The third-order valence-corrected chi connectivity index (χ3v) is 4.14. The number of hydrogen-bond acceptors (Lipinski definition) is 4. The molecule has 1 aliphatic heterocycles. The fraction of sp³-hybridized carbons (Fsp3) is 0.625. The van der Waals surface area contributed by atoms with Crippen LogP contribution in [0.2, 0.25) is 5.15 Å². The van der Waals surface area contributed by atoms with Crippen molar-refractivity contribution in [3.8, 4) is 0 Å². The Kier molecular flexibility index (Phi) is 5.42. The van der Waals surface area contributed by atoms with Gasteiger partial charge in [0, 0.05) is 25.1 Å². The van der Waals surface area contributed by atoms with E-state index in [0.717, 1.165) is 25.2 Å². The first kappa shape index (κ1) is 17.2. The number of aliphatic hydroxyl groups excluding tert-OH is 1. The molecule has 0 aromatic carbocycles. The van der Waals surface area contributed by atoms with E-state index >= 15 is 0 Å². The first-order chi connectivity index (χ1) is 10.3. The Bertz CT molecular complexity index is 543. The summed E-state index contributed by atoms with van der Waals surface area (Å²) in [6.07, 6.45) is 1.02. The molecule has 1 amide bonds. The molecule has 2 heterocycles. The summed E-state index contributed by atoms with van der Waals surface area (Å²) >= 11 is 6.18. The zero-order chi connectivity index (χ0) is 16.3. The monoisotopic (exact) mass is 325 g/mol. The Labute approximate surface area is 136 Å². The smallest absolute Gasteiger partial charge is 0.229 e. The zero-order valence-electron chi connectivity index (χ0n) is 13.4. The fourth-order valence-electron chi connectivity index (χ4n) is 2.40. The number of aliphatic hydroxyl groups is 1. The lowest BCUT2D eigenvalue weighted by atomic mass is 9.95. The van der Waals surface area contributed by atoms with Gasteiger partial charge < -0.3 is 10.4 Å². The van der Waals surface area contributed by atoms with Crippen molar-refractivity contribution >= 4 is 23.2 Å². The van der Waals surface area contributed by atoms with Gasteiger partial charge in [-0.25, -0.2) is 4.98 Å². The first-order valence-electron chi connectivity index (χ1n) is 7.59. The second-order valence-electron chi connectivity index (χ2n) is 6.92. The number of hydrogen-bond donors (Lipinski definition) is 2. The van der Waals surface area contributed by atoms with E-state index in [1.807, 2.05) is 26.8 Å². The second kappa shape index (κ2) is 6.94. The van der Waals surface area contributed by atoms with Gasteiger partial charge >= 0.3 is 0 Å². The normalized spacial score (nSPS) is 19.4. The lowest BCUT2D eigenvalue weighted by Crippen LogP contribution is -2.28. The van der Waals surface area contributed by atoms with E-state index in [2.05, 4.69) is 15.2 Å². The molecule has 1 fully saturated rings. The van der Waals surface area contributed by atoms with Crippen LogP contribution < -0.4 is 5.32 Å². The highest BCUT2D eigenvalue weighted by Crippen LogP contribution is 2.24. The lowest BCUT2D eigenvalue weighted by Gasteiger charge is -2.19. The Morgan fingerprint density at radius 1 is 1.50 bits per heavy atom. The highest BCUT2D eigenvalue weighted by molar-refractivity contribution is 6.32. The molecule has 1 aliphatic rings. The average Bonchev–Trinajstić information content (AvgIpc) is 2.88. The summed E-state index contributed by atoms with van der Waals surface area (Å²) in [4.78, 5) is 18.6. The highest BCUT2D eigenvalue weighted by atomic mass is 35.5. The molecule has 2 rings (SSSR count). The first-order valence-corrected chi connectivity index (χ1v) is 7.97. The van der Waals surface area contributed by atoms with Gasteiger partial charge in [0.1, 0.15) is 0 Å². The summed E-state index contributed by atoms with van der Waals surface area (Å²) in [5, 5.41) is 12.3. The van der Waals surface area contributed by atoms with Crippen molar-refractivity contribution in [1.29, 1.82) is 0 Å². The van der Waals surface area contributed by atoms with E-state index < -0.39 is 5.41 Å². The van der Waals surface area contributed by atoms with Crippen molar-refractivity contribution < 1.29 is 9.90 Å². The Hall–Kier alpha value is -1.17. The Balaban J connectivity index is 1.99. The lowest BCUT2D eigenvalue weighted by molar-refractivity contribution is -0.123. The topological polar surface area (TPSA) is 65.5 Å². The number of rotatable bonds is 4. The highest BCUT2D eigenvalue weighted by Gasteiger charge is 2.23. The summed E-state index contributed by atoms with van der Waals surface area (Å²) < 4.78 is 0. The predicted molar refractivity (Wildman–Crippen MR) is 87.8 cm³/mol. The molecule has 0 aliphatic carbocycles. The minimum atomic E-state index is -0.475. The van der Waals surface area contributed by atoms with Crippen LogP contribution in [-0.2, 0) is 11.3 Å². The molecule has 1 aromatic heterocycles. The van der Waals surface area contributed by atoms with Crippen LogP contribution in [0, 0.1) is 11.3 Å². The minimum Gasteiger partial charge on any atom is -0.396 e. The summed E-state index contributed by atoms with van der Waals surface area (Å²) in [5.74, 6) is 0.273. The number of aromatic nitrogens is 1. The average molecular weight is 326 g/mol. The van der Waals surface area contributed by atoms with Crippen molar-refractivity contribution in [1.82, 2.24) is 9.88 Å². The van der Waals surface area contributed by atoms with Gasteiger partial charge in [-0.3, -0.25) is 9.69 Å². The van der Waals surface area contributed by atoms with Gasteiger partial charge in [0.15, 0.2) is 5.15 Å². The van der Waals surface area contributed by atoms with Gasteiger partial charge in [0.05, 0.1) is 11.4 Å². The molecule has 6 heteroatoms. The number of nitrogens with zero attached hydrogens (tertiary/aromatic N) is 2. The fourth-order valence-corrected chi connectivity index (χ4v) is 2.62.